The Kier molecular flexibility index (Phi) is 9.05. The second-order valence-electron chi connectivity index (χ2n) is 4.83. The van der Waals surface area contributed by atoms with Gasteiger partial charge in [0.05, 0.1) is 0 Å². The molecule has 0 saturated carbocycles. The first kappa shape index (κ1) is 19.1. The van der Waals surface area contributed by atoms with Crippen molar-refractivity contribution in [3.8, 4) is 0 Å². The van der Waals surface area contributed by atoms with Crippen LogP contribution in [-0.2, 0) is 14.3 Å². The van der Waals surface area contributed by atoms with Crippen molar-refractivity contribution in [3.63, 3.8) is 0 Å². The van der Waals surface area contributed by atoms with Crippen LogP contribution in [-0.4, -0.2) is 35.2 Å². The maximum atomic E-state index is 12.0. The van der Waals surface area contributed by atoms with Crippen molar-refractivity contribution in [3.05, 3.63) is 35.6 Å². The zero-order chi connectivity index (χ0) is 16.4. The van der Waals surface area contributed by atoms with Gasteiger partial charge < -0.3 is 14.9 Å². The fourth-order valence-corrected chi connectivity index (χ4v) is 1.80. The summed E-state index contributed by atoms with van der Waals surface area (Å²) in [6.07, 6.45) is 7.62. The smallest absolute Gasteiger partial charge is 0.342 e. The summed E-state index contributed by atoms with van der Waals surface area (Å²) < 4.78 is 5.47. The second kappa shape index (κ2) is 9.94. The van der Waals surface area contributed by atoms with Gasteiger partial charge in [0.15, 0.2) is 6.10 Å². The predicted octanol–water partition coefficient (Wildman–Crippen LogP) is 2.47. The number of rotatable bonds is 6. The van der Waals surface area contributed by atoms with E-state index < -0.39 is 17.9 Å². The van der Waals surface area contributed by atoms with Gasteiger partial charge in [0, 0.05) is 13.5 Å². The van der Waals surface area contributed by atoms with Crippen molar-refractivity contribution in [2.24, 2.45) is 5.92 Å². The highest BCUT2D eigenvalue weighted by molar-refractivity contribution is 6.20. The zero-order valence-electron chi connectivity index (χ0n) is 13.0. The number of ketones is 1. The summed E-state index contributed by atoms with van der Waals surface area (Å²) in [5.74, 6) is -1.15. The normalized spacial score (nSPS) is 18.4. The molecular formula is C16H24O5. The van der Waals surface area contributed by atoms with E-state index in [1.807, 2.05) is 32.9 Å². The van der Waals surface area contributed by atoms with Gasteiger partial charge in [-0.15, -0.1) is 0 Å². The first-order valence-electron chi connectivity index (χ1n) is 6.92. The molecule has 21 heavy (non-hydrogen) atoms. The van der Waals surface area contributed by atoms with E-state index >= 15 is 0 Å². The Morgan fingerprint density at radius 3 is 2.43 bits per heavy atom. The summed E-state index contributed by atoms with van der Waals surface area (Å²) in [5, 5.41) is 16.1. The van der Waals surface area contributed by atoms with Crippen LogP contribution < -0.4 is 0 Å². The van der Waals surface area contributed by atoms with Crippen LogP contribution in [0.25, 0.3) is 0 Å². The van der Waals surface area contributed by atoms with Gasteiger partial charge in [-0.3, -0.25) is 4.79 Å². The van der Waals surface area contributed by atoms with Crippen molar-refractivity contribution in [2.75, 3.05) is 7.11 Å². The van der Waals surface area contributed by atoms with E-state index in [-0.39, 0.29) is 11.5 Å². The average Bonchev–Trinajstić information content (AvgIpc) is 2.72. The third-order valence-corrected chi connectivity index (χ3v) is 2.63. The molecule has 0 saturated heterocycles. The number of carboxylic acids is 1. The number of carboxylic acid groups (broad SMARTS) is 1. The molecule has 0 aromatic rings. The quantitative estimate of drug-likeness (QED) is 0.581. The van der Waals surface area contributed by atoms with Crippen LogP contribution in [0.3, 0.4) is 0 Å². The summed E-state index contributed by atoms with van der Waals surface area (Å²) in [5.41, 5.74) is -0.206. The molecular weight excluding hydrogens is 272 g/mol. The summed E-state index contributed by atoms with van der Waals surface area (Å²) >= 11 is 0. The third-order valence-electron chi connectivity index (χ3n) is 2.63. The fraction of sp³-hybridized carbons (Fsp3) is 0.500. The van der Waals surface area contributed by atoms with Crippen molar-refractivity contribution in [1.82, 2.24) is 0 Å². The number of allylic oxidation sites excluding steroid dienone is 4. The van der Waals surface area contributed by atoms with Gasteiger partial charge in [0.1, 0.15) is 11.3 Å². The number of aliphatic hydroxyl groups excluding tert-OH is 1. The van der Waals surface area contributed by atoms with Gasteiger partial charge in [0.2, 0.25) is 5.78 Å². The summed E-state index contributed by atoms with van der Waals surface area (Å²) in [6, 6.07) is 0. The summed E-state index contributed by atoms with van der Waals surface area (Å²) in [4.78, 5) is 23.1. The van der Waals surface area contributed by atoms with Crippen LogP contribution in [0.15, 0.2) is 35.6 Å². The highest BCUT2D eigenvalue weighted by Gasteiger charge is 2.37. The highest BCUT2D eigenvalue weighted by Crippen LogP contribution is 2.28. The number of hydrogen-bond donors (Lipinski definition) is 2. The number of hydrogen-bond acceptors (Lipinski definition) is 4. The van der Waals surface area contributed by atoms with Crippen LogP contribution in [0.2, 0.25) is 0 Å². The SMILES string of the molecule is CC/C=C/C=C/C1OC(CC(C)C)=C(C(=O)O)C1=O.CO. The Hall–Kier alpha value is -1.88. The number of Topliss-reactive ketones (excluding diaryl/α,β-unsaturated/α-hetero) is 1. The second-order valence-corrected chi connectivity index (χ2v) is 4.83. The van der Waals surface area contributed by atoms with Crippen LogP contribution >= 0.6 is 0 Å². The van der Waals surface area contributed by atoms with Crippen molar-refractivity contribution >= 4 is 11.8 Å². The lowest BCUT2D eigenvalue weighted by Crippen LogP contribution is -2.18. The van der Waals surface area contributed by atoms with Gasteiger partial charge in [-0.2, -0.15) is 0 Å². The zero-order valence-corrected chi connectivity index (χ0v) is 13.0. The molecule has 1 unspecified atom stereocenters. The fourth-order valence-electron chi connectivity index (χ4n) is 1.80. The number of carbonyl (C=O) groups is 2. The Labute approximate surface area is 125 Å². The van der Waals surface area contributed by atoms with Crippen LogP contribution in [0, 0.1) is 5.92 Å². The lowest BCUT2D eigenvalue weighted by Gasteiger charge is -2.09. The van der Waals surface area contributed by atoms with Crippen molar-refractivity contribution < 1.29 is 24.5 Å². The Morgan fingerprint density at radius 1 is 1.33 bits per heavy atom. The van der Waals surface area contributed by atoms with E-state index in [1.54, 1.807) is 12.2 Å². The molecule has 1 aliphatic heterocycles. The molecule has 1 rings (SSSR count). The van der Waals surface area contributed by atoms with Gasteiger partial charge in [-0.05, 0) is 18.4 Å². The van der Waals surface area contributed by atoms with E-state index in [4.69, 9.17) is 14.9 Å². The minimum Gasteiger partial charge on any atom is -0.481 e. The van der Waals surface area contributed by atoms with Gasteiger partial charge in [0.25, 0.3) is 0 Å². The first-order valence-corrected chi connectivity index (χ1v) is 6.92. The summed E-state index contributed by atoms with van der Waals surface area (Å²) in [6.45, 7) is 5.91. The van der Waals surface area contributed by atoms with E-state index in [0.717, 1.165) is 13.5 Å². The highest BCUT2D eigenvalue weighted by atomic mass is 16.5. The number of carbonyl (C=O) groups excluding carboxylic acids is 1. The molecule has 118 valence electrons. The van der Waals surface area contributed by atoms with E-state index in [0.29, 0.717) is 12.2 Å². The average molecular weight is 296 g/mol. The third kappa shape index (κ3) is 5.95. The molecule has 0 spiro atoms. The van der Waals surface area contributed by atoms with Gasteiger partial charge in [-0.25, -0.2) is 4.79 Å². The molecule has 1 aliphatic rings. The minimum atomic E-state index is -1.21. The van der Waals surface area contributed by atoms with Crippen LogP contribution in [0.1, 0.15) is 33.6 Å². The van der Waals surface area contributed by atoms with Crippen molar-refractivity contribution in [1.29, 1.82) is 0 Å². The van der Waals surface area contributed by atoms with E-state index in [2.05, 4.69) is 0 Å². The Bertz CT molecular complexity index is 444. The predicted molar refractivity (Wildman–Crippen MR) is 80.7 cm³/mol. The Morgan fingerprint density at radius 2 is 1.95 bits per heavy atom. The monoisotopic (exact) mass is 296 g/mol. The molecule has 0 aromatic carbocycles. The lowest BCUT2D eigenvalue weighted by molar-refractivity contribution is -0.134. The molecule has 1 atom stereocenters. The molecule has 0 bridgehead atoms. The Balaban J connectivity index is 0.00000191. The van der Waals surface area contributed by atoms with Gasteiger partial charge in [-0.1, -0.05) is 39.0 Å². The number of aliphatic hydroxyl groups is 1. The maximum Gasteiger partial charge on any atom is 0.342 e. The first-order chi connectivity index (χ1) is 9.97. The molecule has 2 N–H and O–H groups in total. The maximum absolute atomic E-state index is 12.0. The van der Waals surface area contributed by atoms with E-state index in [9.17, 15) is 9.59 Å². The topological polar surface area (TPSA) is 83.8 Å². The molecule has 0 aromatic heterocycles. The van der Waals surface area contributed by atoms with Crippen LogP contribution in [0.4, 0.5) is 0 Å². The van der Waals surface area contributed by atoms with Crippen LogP contribution in [0.5, 0.6) is 0 Å². The van der Waals surface area contributed by atoms with Crippen molar-refractivity contribution in [2.45, 2.75) is 39.7 Å². The number of ether oxygens (including phenoxy) is 1. The summed E-state index contributed by atoms with van der Waals surface area (Å²) in [7, 11) is 1.00. The molecule has 5 nitrogen and oxygen atoms in total. The lowest BCUT2D eigenvalue weighted by atomic mass is 10.0. The molecule has 0 fully saturated rings. The largest absolute Gasteiger partial charge is 0.481 e. The van der Waals surface area contributed by atoms with Gasteiger partial charge >= 0.3 is 5.97 Å². The molecule has 0 amide bonds. The standard InChI is InChI=1S/C15H20O4.CH4O/c1-4-5-6-7-8-11-14(16)13(15(17)18)12(19-11)9-10(2)3;1-2/h5-8,10-11H,4,9H2,1-3H3,(H,17,18);2H,1H3/b6-5+,8-7+;. The molecule has 1 heterocycles. The minimum absolute atomic E-state index is 0.206. The molecule has 0 radical (unpaired) electrons. The molecule has 0 aliphatic carbocycles. The van der Waals surface area contributed by atoms with E-state index in [1.165, 1.54) is 0 Å². The number of aliphatic carboxylic acids is 1. The molecule has 5 heteroatoms.